The van der Waals surface area contributed by atoms with E-state index in [-0.39, 0.29) is 0 Å². The van der Waals surface area contributed by atoms with Gasteiger partial charge in [0, 0.05) is 11.4 Å². The largest absolute Gasteiger partial charge is 0.496 e. The van der Waals surface area contributed by atoms with Gasteiger partial charge in [-0.25, -0.2) is 0 Å². The molecule has 1 aliphatic heterocycles. The van der Waals surface area contributed by atoms with Crippen LogP contribution in [-0.2, 0) is 0 Å². The van der Waals surface area contributed by atoms with Crippen LogP contribution < -0.4 is 10.1 Å². The molecule has 19 heavy (non-hydrogen) atoms. The summed E-state index contributed by atoms with van der Waals surface area (Å²) >= 11 is 0. The van der Waals surface area contributed by atoms with E-state index in [1.165, 1.54) is 29.2 Å². The minimum Gasteiger partial charge on any atom is -0.496 e. The molecule has 0 unspecified atom stereocenters. The number of fused-ring (bicyclic) bond motifs is 1. The van der Waals surface area contributed by atoms with E-state index in [1.807, 2.05) is 12.1 Å². The first-order valence-corrected chi connectivity index (χ1v) is 7.08. The van der Waals surface area contributed by atoms with Crippen molar-refractivity contribution in [2.24, 2.45) is 0 Å². The van der Waals surface area contributed by atoms with Crippen molar-refractivity contribution in [3.63, 3.8) is 0 Å². The Hall–Kier alpha value is -1.54. The lowest BCUT2D eigenvalue weighted by atomic mass is 9.86. The molecule has 1 saturated heterocycles. The van der Waals surface area contributed by atoms with Gasteiger partial charge in [-0.2, -0.15) is 0 Å². The van der Waals surface area contributed by atoms with Crippen molar-refractivity contribution < 1.29 is 4.74 Å². The zero-order valence-corrected chi connectivity index (χ0v) is 11.6. The number of nitrogens with one attached hydrogen (secondary N) is 1. The molecule has 0 aliphatic carbocycles. The van der Waals surface area contributed by atoms with Crippen molar-refractivity contribution in [1.82, 2.24) is 5.32 Å². The molecule has 0 spiro atoms. The molecule has 1 heterocycles. The fourth-order valence-electron chi connectivity index (χ4n) is 3.13. The fraction of sp³-hybridized carbons (Fsp3) is 0.412. The number of ether oxygens (including phenoxy) is 1. The molecule has 0 bridgehead atoms. The maximum absolute atomic E-state index is 5.48. The lowest BCUT2D eigenvalue weighted by molar-refractivity contribution is 0.381. The molecular formula is C17H21NO. The third-order valence-electron chi connectivity index (χ3n) is 4.18. The smallest absolute Gasteiger partial charge is 0.126 e. The van der Waals surface area contributed by atoms with Crippen LogP contribution >= 0.6 is 0 Å². The van der Waals surface area contributed by atoms with Crippen LogP contribution in [0, 0.1) is 0 Å². The molecule has 2 aromatic rings. The van der Waals surface area contributed by atoms with Crippen LogP contribution in [0.1, 0.15) is 31.2 Å². The Morgan fingerprint density at radius 1 is 1.21 bits per heavy atom. The molecule has 2 nitrogen and oxygen atoms in total. The van der Waals surface area contributed by atoms with Gasteiger partial charge in [-0.15, -0.1) is 0 Å². The third-order valence-corrected chi connectivity index (χ3v) is 4.18. The number of rotatable bonds is 2. The second kappa shape index (κ2) is 5.22. The minimum absolute atomic E-state index is 0.618. The zero-order valence-electron chi connectivity index (χ0n) is 11.6. The summed E-state index contributed by atoms with van der Waals surface area (Å²) in [7, 11) is 1.74. The summed E-state index contributed by atoms with van der Waals surface area (Å²) < 4.78 is 5.48. The Balaban J connectivity index is 2.00. The maximum atomic E-state index is 5.48. The van der Waals surface area contributed by atoms with Crippen molar-refractivity contribution in [3.05, 3.63) is 42.0 Å². The quantitative estimate of drug-likeness (QED) is 0.883. The maximum Gasteiger partial charge on any atom is 0.126 e. The molecule has 0 saturated carbocycles. The first-order chi connectivity index (χ1) is 9.28. The molecule has 1 aliphatic rings. The second-order valence-electron chi connectivity index (χ2n) is 5.52. The molecule has 1 N–H and O–H groups in total. The lowest BCUT2D eigenvalue weighted by Gasteiger charge is -2.28. The van der Waals surface area contributed by atoms with Crippen LogP contribution in [0.5, 0.6) is 5.75 Å². The molecule has 100 valence electrons. The van der Waals surface area contributed by atoms with Crippen LogP contribution in [0.15, 0.2) is 36.4 Å². The Morgan fingerprint density at radius 3 is 2.89 bits per heavy atom. The molecule has 2 heteroatoms. The van der Waals surface area contributed by atoms with E-state index in [0.717, 1.165) is 12.3 Å². The van der Waals surface area contributed by atoms with Gasteiger partial charge in [0.2, 0.25) is 0 Å². The lowest BCUT2D eigenvalue weighted by Crippen LogP contribution is -2.34. The van der Waals surface area contributed by atoms with Gasteiger partial charge in [-0.1, -0.05) is 24.3 Å². The summed E-state index contributed by atoms with van der Waals surface area (Å²) in [6, 6.07) is 13.7. The first-order valence-electron chi connectivity index (χ1n) is 7.08. The van der Waals surface area contributed by atoms with Crippen molar-refractivity contribution in [1.29, 1.82) is 0 Å². The molecule has 1 fully saturated rings. The summed E-state index contributed by atoms with van der Waals surface area (Å²) in [5.41, 5.74) is 1.45. The van der Waals surface area contributed by atoms with Gasteiger partial charge in [-0.05, 0) is 55.3 Å². The molecule has 2 aromatic carbocycles. The van der Waals surface area contributed by atoms with E-state index in [1.54, 1.807) is 7.11 Å². The molecule has 0 aromatic heterocycles. The summed E-state index contributed by atoms with van der Waals surface area (Å²) in [6.45, 7) is 3.39. The number of hydrogen-bond donors (Lipinski definition) is 1. The van der Waals surface area contributed by atoms with Gasteiger partial charge in [0.1, 0.15) is 5.75 Å². The second-order valence-corrected chi connectivity index (χ2v) is 5.52. The van der Waals surface area contributed by atoms with Gasteiger partial charge in [-0.3, -0.25) is 0 Å². The SMILES string of the molecule is COc1cccc2ccc([C@@H]3CCN[C@@H](C)C3)cc12. The monoisotopic (exact) mass is 255 g/mol. The third kappa shape index (κ3) is 2.45. The number of piperidine rings is 1. The van der Waals surface area contributed by atoms with Gasteiger partial charge >= 0.3 is 0 Å². The Kier molecular flexibility index (Phi) is 3.43. The molecule has 3 rings (SSSR count). The Morgan fingerprint density at radius 2 is 2.11 bits per heavy atom. The van der Waals surface area contributed by atoms with E-state index in [9.17, 15) is 0 Å². The summed E-state index contributed by atoms with van der Waals surface area (Å²) in [6.07, 6.45) is 2.45. The predicted molar refractivity (Wildman–Crippen MR) is 79.9 cm³/mol. The van der Waals surface area contributed by atoms with E-state index in [0.29, 0.717) is 12.0 Å². The number of hydrogen-bond acceptors (Lipinski definition) is 2. The van der Waals surface area contributed by atoms with Crippen molar-refractivity contribution in [2.75, 3.05) is 13.7 Å². The Labute approximate surface area is 114 Å². The first kappa shape index (κ1) is 12.5. The van der Waals surface area contributed by atoms with Crippen LogP contribution in [0.3, 0.4) is 0 Å². The predicted octanol–water partition coefficient (Wildman–Crippen LogP) is 3.70. The van der Waals surface area contributed by atoms with E-state index in [2.05, 4.69) is 36.5 Å². The van der Waals surface area contributed by atoms with Crippen LogP contribution in [-0.4, -0.2) is 19.7 Å². The molecule has 0 amide bonds. The van der Waals surface area contributed by atoms with Gasteiger partial charge < -0.3 is 10.1 Å². The van der Waals surface area contributed by atoms with Crippen LogP contribution in [0.4, 0.5) is 0 Å². The van der Waals surface area contributed by atoms with Crippen molar-refractivity contribution >= 4 is 10.8 Å². The van der Waals surface area contributed by atoms with E-state index in [4.69, 9.17) is 4.74 Å². The minimum atomic E-state index is 0.618. The average Bonchev–Trinajstić information content (AvgIpc) is 2.46. The average molecular weight is 255 g/mol. The Bertz CT molecular complexity index is 578. The normalized spacial score (nSPS) is 23.5. The number of methoxy groups -OCH3 is 1. The van der Waals surface area contributed by atoms with Gasteiger partial charge in [0.25, 0.3) is 0 Å². The van der Waals surface area contributed by atoms with Gasteiger partial charge in [0.05, 0.1) is 7.11 Å². The van der Waals surface area contributed by atoms with Crippen molar-refractivity contribution in [3.8, 4) is 5.75 Å². The molecule has 2 atom stereocenters. The van der Waals surface area contributed by atoms with E-state index >= 15 is 0 Å². The van der Waals surface area contributed by atoms with E-state index < -0.39 is 0 Å². The highest BCUT2D eigenvalue weighted by Crippen LogP contribution is 2.33. The topological polar surface area (TPSA) is 21.3 Å². The van der Waals surface area contributed by atoms with Crippen LogP contribution in [0.25, 0.3) is 10.8 Å². The molecular weight excluding hydrogens is 234 g/mol. The number of benzene rings is 2. The summed E-state index contributed by atoms with van der Waals surface area (Å²) in [5, 5.41) is 6.00. The standard InChI is InChI=1S/C17H21NO/c1-12-10-15(8-9-18-12)14-7-6-13-4-3-5-17(19-2)16(13)11-14/h3-7,11-12,15,18H,8-10H2,1-2H3/t12-,15+/m0/s1. The highest BCUT2D eigenvalue weighted by molar-refractivity contribution is 5.89. The fourth-order valence-corrected chi connectivity index (χ4v) is 3.13. The van der Waals surface area contributed by atoms with Gasteiger partial charge in [0.15, 0.2) is 0 Å². The highest BCUT2D eigenvalue weighted by atomic mass is 16.5. The molecule has 0 radical (unpaired) electrons. The summed E-state index contributed by atoms with van der Waals surface area (Å²) in [4.78, 5) is 0. The summed E-state index contributed by atoms with van der Waals surface area (Å²) in [5.74, 6) is 1.65. The highest BCUT2D eigenvalue weighted by Gasteiger charge is 2.20. The van der Waals surface area contributed by atoms with Crippen LogP contribution in [0.2, 0.25) is 0 Å². The zero-order chi connectivity index (χ0) is 13.2. The van der Waals surface area contributed by atoms with Crippen molar-refractivity contribution in [2.45, 2.75) is 31.7 Å².